The molecule has 0 amide bonds. The first-order valence-electron chi connectivity index (χ1n) is 7.13. The zero-order chi connectivity index (χ0) is 15.2. The summed E-state index contributed by atoms with van der Waals surface area (Å²) in [5, 5.41) is 6.58. The van der Waals surface area contributed by atoms with E-state index >= 15 is 0 Å². The number of hydrogen-bond donors (Lipinski definition) is 2. The van der Waals surface area contributed by atoms with Crippen molar-refractivity contribution in [3.05, 3.63) is 35.7 Å². The maximum absolute atomic E-state index is 5.47. The number of nitrogens with one attached hydrogen (secondary N) is 2. The maximum Gasteiger partial charge on any atom is 0.204 e. The molecule has 21 heavy (non-hydrogen) atoms. The Kier molecular flexibility index (Phi) is 4.98. The summed E-state index contributed by atoms with van der Waals surface area (Å²) in [6.45, 7) is 7.12. The molecule has 0 radical (unpaired) electrons. The highest BCUT2D eigenvalue weighted by atomic mass is 16.5. The zero-order valence-electron chi connectivity index (χ0n) is 13.0. The quantitative estimate of drug-likeness (QED) is 0.848. The first kappa shape index (κ1) is 15.1. The average Bonchev–Trinajstić information content (AvgIpc) is 2.50. The van der Waals surface area contributed by atoms with Crippen LogP contribution in [0, 0.1) is 13.8 Å². The van der Waals surface area contributed by atoms with E-state index in [-0.39, 0.29) is 0 Å². The van der Waals surface area contributed by atoms with Crippen LogP contribution in [-0.2, 0) is 0 Å². The predicted molar refractivity (Wildman–Crippen MR) is 86.6 cm³/mol. The lowest BCUT2D eigenvalue weighted by Gasteiger charge is -2.15. The molecular weight excluding hydrogens is 264 g/mol. The summed E-state index contributed by atoms with van der Waals surface area (Å²) in [5.41, 5.74) is 3.45. The summed E-state index contributed by atoms with van der Waals surface area (Å²) in [7, 11) is 1.63. The van der Waals surface area contributed by atoms with Gasteiger partial charge >= 0.3 is 0 Å². The standard InChI is InChI=1S/C16H22N4O/c1-5-9-17-15-14(21-4)16(19-10-18-15)20-13-8-6-7-11(2)12(13)3/h6-8,10H,5,9H2,1-4H3,(H2,17,18,19,20). The fourth-order valence-corrected chi connectivity index (χ4v) is 2.04. The molecule has 0 atom stereocenters. The van der Waals surface area contributed by atoms with Gasteiger partial charge in [-0.1, -0.05) is 19.1 Å². The Bertz CT molecular complexity index is 613. The second-order valence-electron chi connectivity index (χ2n) is 4.90. The van der Waals surface area contributed by atoms with Crippen molar-refractivity contribution in [1.29, 1.82) is 0 Å². The van der Waals surface area contributed by atoms with Crippen LogP contribution in [0.1, 0.15) is 24.5 Å². The Morgan fingerprint density at radius 2 is 1.90 bits per heavy atom. The number of benzene rings is 1. The molecule has 0 aliphatic heterocycles. The van der Waals surface area contributed by atoms with Gasteiger partial charge in [0.2, 0.25) is 5.75 Å². The van der Waals surface area contributed by atoms with Crippen molar-refractivity contribution in [3.8, 4) is 5.75 Å². The Morgan fingerprint density at radius 3 is 2.62 bits per heavy atom. The highest BCUT2D eigenvalue weighted by Crippen LogP contribution is 2.32. The van der Waals surface area contributed by atoms with Crippen LogP contribution >= 0.6 is 0 Å². The number of ether oxygens (including phenoxy) is 1. The molecule has 0 bridgehead atoms. The van der Waals surface area contributed by atoms with Crippen molar-refractivity contribution >= 4 is 17.3 Å². The van der Waals surface area contributed by atoms with E-state index in [1.807, 2.05) is 12.1 Å². The van der Waals surface area contributed by atoms with Gasteiger partial charge in [-0.25, -0.2) is 9.97 Å². The molecule has 1 aromatic carbocycles. The molecule has 2 aromatic rings. The topological polar surface area (TPSA) is 59.1 Å². The molecule has 0 fully saturated rings. The van der Waals surface area contributed by atoms with Crippen LogP contribution in [0.5, 0.6) is 5.75 Å². The van der Waals surface area contributed by atoms with Gasteiger partial charge in [0.05, 0.1) is 7.11 Å². The van der Waals surface area contributed by atoms with E-state index in [2.05, 4.69) is 47.4 Å². The minimum absolute atomic E-state index is 0.631. The summed E-state index contributed by atoms with van der Waals surface area (Å²) in [5.74, 6) is 2.01. The molecule has 2 N–H and O–H groups in total. The number of methoxy groups -OCH3 is 1. The normalized spacial score (nSPS) is 10.3. The van der Waals surface area contributed by atoms with Gasteiger partial charge < -0.3 is 15.4 Å². The summed E-state index contributed by atoms with van der Waals surface area (Å²) in [6, 6.07) is 6.14. The molecule has 2 rings (SSSR count). The predicted octanol–water partition coefficient (Wildman–Crippen LogP) is 3.67. The van der Waals surface area contributed by atoms with E-state index in [9.17, 15) is 0 Å². The van der Waals surface area contributed by atoms with Gasteiger partial charge in [0, 0.05) is 12.2 Å². The lowest BCUT2D eigenvalue weighted by molar-refractivity contribution is 0.415. The van der Waals surface area contributed by atoms with Crippen molar-refractivity contribution in [1.82, 2.24) is 9.97 Å². The number of anilines is 3. The number of aromatic nitrogens is 2. The van der Waals surface area contributed by atoms with Crippen LogP contribution in [0.2, 0.25) is 0 Å². The van der Waals surface area contributed by atoms with Crippen LogP contribution < -0.4 is 15.4 Å². The van der Waals surface area contributed by atoms with Gasteiger partial charge in [0.1, 0.15) is 6.33 Å². The van der Waals surface area contributed by atoms with Crippen LogP contribution in [0.25, 0.3) is 0 Å². The number of hydrogen-bond acceptors (Lipinski definition) is 5. The average molecular weight is 286 g/mol. The van der Waals surface area contributed by atoms with Crippen molar-refractivity contribution in [2.45, 2.75) is 27.2 Å². The Balaban J connectivity index is 2.33. The molecule has 5 heteroatoms. The van der Waals surface area contributed by atoms with Crippen molar-refractivity contribution < 1.29 is 4.74 Å². The lowest BCUT2D eigenvalue weighted by atomic mass is 10.1. The summed E-state index contributed by atoms with van der Waals surface area (Å²) in [6.07, 6.45) is 2.56. The van der Waals surface area contributed by atoms with E-state index < -0.39 is 0 Å². The summed E-state index contributed by atoms with van der Waals surface area (Å²) in [4.78, 5) is 8.54. The third kappa shape index (κ3) is 3.42. The molecule has 1 heterocycles. The van der Waals surface area contributed by atoms with Crippen molar-refractivity contribution in [3.63, 3.8) is 0 Å². The first-order valence-corrected chi connectivity index (χ1v) is 7.13. The molecule has 0 saturated heterocycles. The largest absolute Gasteiger partial charge is 0.490 e. The third-order valence-electron chi connectivity index (χ3n) is 3.41. The van der Waals surface area contributed by atoms with Crippen LogP contribution in [0.15, 0.2) is 24.5 Å². The van der Waals surface area contributed by atoms with Crippen molar-refractivity contribution in [2.24, 2.45) is 0 Å². The van der Waals surface area contributed by atoms with E-state index in [0.29, 0.717) is 17.4 Å². The van der Waals surface area contributed by atoms with Gasteiger partial charge in [0.25, 0.3) is 0 Å². The number of rotatable bonds is 6. The number of nitrogens with zero attached hydrogens (tertiary/aromatic N) is 2. The fraction of sp³-hybridized carbons (Fsp3) is 0.375. The second-order valence-corrected chi connectivity index (χ2v) is 4.90. The number of aryl methyl sites for hydroxylation is 1. The molecule has 0 aliphatic carbocycles. The van der Waals surface area contributed by atoms with Crippen molar-refractivity contribution in [2.75, 3.05) is 24.3 Å². The Morgan fingerprint density at radius 1 is 1.14 bits per heavy atom. The van der Waals surface area contributed by atoms with E-state index in [4.69, 9.17) is 4.74 Å². The minimum atomic E-state index is 0.631. The highest BCUT2D eigenvalue weighted by molar-refractivity contribution is 5.71. The molecule has 0 aliphatic rings. The molecule has 1 aromatic heterocycles. The smallest absolute Gasteiger partial charge is 0.204 e. The first-order chi connectivity index (χ1) is 10.2. The third-order valence-corrected chi connectivity index (χ3v) is 3.41. The second kappa shape index (κ2) is 6.92. The zero-order valence-corrected chi connectivity index (χ0v) is 13.0. The fourth-order valence-electron chi connectivity index (χ4n) is 2.04. The summed E-state index contributed by atoms with van der Waals surface area (Å²) >= 11 is 0. The monoisotopic (exact) mass is 286 g/mol. The van der Waals surface area contributed by atoms with Gasteiger partial charge in [0.15, 0.2) is 11.6 Å². The SMILES string of the molecule is CCCNc1ncnc(Nc2cccc(C)c2C)c1OC. The lowest BCUT2D eigenvalue weighted by Crippen LogP contribution is -2.07. The van der Waals surface area contributed by atoms with E-state index in [1.165, 1.54) is 17.5 Å². The van der Waals surface area contributed by atoms with E-state index in [1.54, 1.807) is 7.11 Å². The van der Waals surface area contributed by atoms with Gasteiger partial charge in [-0.2, -0.15) is 0 Å². The van der Waals surface area contributed by atoms with Gasteiger partial charge in [-0.3, -0.25) is 0 Å². The Hall–Kier alpha value is -2.30. The van der Waals surface area contributed by atoms with E-state index in [0.717, 1.165) is 18.7 Å². The molecule has 0 saturated carbocycles. The van der Waals surface area contributed by atoms with Gasteiger partial charge in [-0.05, 0) is 37.5 Å². The van der Waals surface area contributed by atoms with Gasteiger partial charge in [-0.15, -0.1) is 0 Å². The molecular formula is C16H22N4O. The van der Waals surface area contributed by atoms with Crippen LogP contribution in [0.3, 0.4) is 0 Å². The molecule has 112 valence electrons. The Labute approximate surface area is 125 Å². The minimum Gasteiger partial charge on any atom is -0.490 e. The maximum atomic E-state index is 5.47. The summed E-state index contributed by atoms with van der Waals surface area (Å²) < 4.78 is 5.47. The highest BCUT2D eigenvalue weighted by Gasteiger charge is 2.13. The molecule has 0 unspecified atom stereocenters. The van der Waals surface area contributed by atoms with Crippen LogP contribution in [-0.4, -0.2) is 23.6 Å². The molecule has 5 nitrogen and oxygen atoms in total. The van der Waals surface area contributed by atoms with Crippen LogP contribution in [0.4, 0.5) is 17.3 Å². The molecule has 0 spiro atoms.